The average molecular weight is 243 g/mol. The van der Waals surface area contributed by atoms with Crippen LogP contribution in [-0.4, -0.2) is 36.4 Å². The predicted molar refractivity (Wildman–Crippen MR) is 65.5 cm³/mol. The summed E-state index contributed by atoms with van der Waals surface area (Å²) in [6.07, 6.45) is 1.91. The van der Waals surface area contributed by atoms with Gasteiger partial charge in [0.25, 0.3) is 0 Å². The highest BCUT2D eigenvalue weighted by atomic mass is 35.5. The number of pyridine rings is 1. The lowest BCUT2D eigenvalue weighted by molar-refractivity contribution is -0.128. The Morgan fingerprint density at radius 1 is 1.62 bits per heavy atom. The first-order valence-electron chi connectivity index (χ1n) is 4.85. The van der Waals surface area contributed by atoms with Crippen molar-refractivity contribution in [1.82, 2.24) is 9.88 Å². The Morgan fingerprint density at radius 3 is 2.88 bits per heavy atom. The molecule has 1 aromatic heterocycles. The Bertz CT molecular complexity index is 381. The monoisotopic (exact) mass is 242 g/mol. The molecule has 1 rings (SSSR count). The Hall–Kier alpha value is -1.49. The number of anilines is 2. The third kappa shape index (κ3) is 3.58. The Labute approximate surface area is 99.6 Å². The molecule has 1 amide bonds. The maximum Gasteiger partial charge on any atom is 0.223 e. The summed E-state index contributed by atoms with van der Waals surface area (Å²) in [5.41, 5.74) is 6.02. The second-order valence-electron chi connectivity index (χ2n) is 3.56. The van der Waals surface area contributed by atoms with Crippen LogP contribution in [0.4, 0.5) is 11.5 Å². The van der Waals surface area contributed by atoms with Gasteiger partial charge in [-0.2, -0.15) is 0 Å². The van der Waals surface area contributed by atoms with Crippen molar-refractivity contribution in [2.75, 3.05) is 31.7 Å². The number of carbonyl (C=O) groups excluding carboxylic acids is 1. The number of hydrogen-bond acceptors (Lipinski definition) is 4. The highest BCUT2D eigenvalue weighted by molar-refractivity contribution is 6.33. The molecule has 0 bridgehead atoms. The standard InChI is InChI=1S/C10H15ClN4O/c1-15(2)9(16)3-4-13-10-8(11)5-7(12)6-14-10/h5-6H,3-4,12H2,1-2H3,(H,13,14). The van der Waals surface area contributed by atoms with Crippen molar-refractivity contribution in [3.05, 3.63) is 17.3 Å². The second kappa shape index (κ2) is 5.55. The van der Waals surface area contributed by atoms with Crippen molar-refractivity contribution in [3.63, 3.8) is 0 Å². The molecule has 0 aliphatic heterocycles. The van der Waals surface area contributed by atoms with Crippen LogP contribution in [-0.2, 0) is 4.79 Å². The minimum absolute atomic E-state index is 0.0547. The van der Waals surface area contributed by atoms with Gasteiger partial charge in [0, 0.05) is 27.1 Å². The molecular formula is C10H15ClN4O. The smallest absolute Gasteiger partial charge is 0.223 e. The number of nitrogen functional groups attached to an aromatic ring is 1. The van der Waals surface area contributed by atoms with Crippen molar-refractivity contribution in [2.45, 2.75) is 6.42 Å². The molecule has 88 valence electrons. The van der Waals surface area contributed by atoms with E-state index in [0.717, 1.165) is 0 Å². The number of rotatable bonds is 4. The SMILES string of the molecule is CN(C)C(=O)CCNc1ncc(N)cc1Cl. The first kappa shape index (κ1) is 12.6. The van der Waals surface area contributed by atoms with Gasteiger partial charge in [-0.25, -0.2) is 4.98 Å². The molecule has 0 spiro atoms. The largest absolute Gasteiger partial charge is 0.397 e. The zero-order valence-electron chi connectivity index (χ0n) is 9.33. The molecule has 0 aliphatic carbocycles. The van der Waals surface area contributed by atoms with Gasteiger partial charge in [-0.3, -0.25) is 4.79 Å². The van der Waals surface area contributed by atoms with Crippen molar-refractivity contribution >= 4 is 29.0 Å². The van der Waals surface area contributed by atoms with Crippen molar-refractivity contribution in [1.29, 1.82) is 0 Å². The summed E-state index contributed by atoms with van der Waals surface area (Å²) in [5.74, 6) is 0.599. The van der Waals surface area contributed by atoms with E-state index < -0.39 is 0 Å². The molecule has 0 fully saturated rings. The second-order valence-corrected chi connectivity index (χ2v) is 3.97. The van der Waals surface area contributed by atoms with Gasteiger partial charge in [0.2, 0.25) is 5.91 Å². The van der Waals surface area contributed by atoms with Crippen molar-refractivity contribution in [3.8, 4) is 0 Å². The Morgan fingerprint density at radius 2 is 2.31 bits per heavy atom. The predicted octanol–water partition coefficient (Wildman–Crippen LogP) is 1.21. The van der Waals surface area contributed by atoms with Crippen LogP contribution >= 0.6 is 11.6 Å². The summed E-state index contributed by atoms with van der Waals surface area (Å²) in [4.78, 5) is 16.9. The maximum atomic E-state index is 11.3. The normalized spacial score (nSPS) is 9.94. The van der Waals surface area contributed by atoms with Crippen LogP contribution in [0.25, 0.3) is 0 Å². The molecule has 5 nitrogen and oxygen atoms in total. The molecule has 0 atom stereocenters. The quantitative estimate of drug-likeness (QED) is 0.833. The van der Waals surface area contributed by atoms with E-state index in [2.05, 4.69) is 10.3 Å². The molecule has 0 saturated heterocycles. The summed E-state index contributed by atoms with van der Waals surface area (Å²) in [6.45, 7) is 0.494. The van der Waals surface area contributed by atoms with E-state index in [0.29, 0.717) is 29.5 Å². The summed E-state index contributed by atoms with van der Waals surface area (Å²) in [5, 5.41) is 3.44. The molecule has 6 heteroatoms. The lowest BCUT2D eigenvalue weighted by Gasteiger charge is -2.11. The van der Waals surface area contributed by atoms with E-state index in [4.69, 9.17) is 17.3 Å². The van der Waals surface area contributed by atoms with Crippen LogP contribution in [0.1, 0.15) is 6.42 Å². The van der Waals surface area contributed by atoms with Crippen molar-refractivity contribution < 1.29 is 4.79 Å². The zero-order chi connectivity index (χ0) is 12.1. The summed E-state index contributed by atoms with van der Waals surface area (Å²) in [6, 6.07) is 1.62. The molecular weight excluding hydrogens is 228 g/mol. The minimum atomic E-state index is 0.0547. The van der Waals surface area contributed by atoms with Crippen LogP contribution < -0.4 is 11.1 Å². The summed E-state index contributed by atoms with van der Waals surface area (Å²) in [7, 11) is 3.44. The number of nitrogens with two attached hydrogens (primary N) is 1. The molecule has 16 heavy (non-hydrogen) atoms. The van der Waals surface area contributed by atoms with E-state index in [1.165, 1.54) is 6.20 Å². The number of carbonyl (C=O) groups is 1. The maximum absolute atomic E-state index is 11.3. The van der Waals surface area contributed by atoms with Crippen LogP contribution in [0.2, 0.25) is 5.02 Å². The zero-order valence-corrected chi connectivity index (χ0v) is 10.1. The number of nitrogens with one attached hydrogen (secondary N) is 1. The molecule has 0 saturated carbocycles. The highest BCUT2D eigenvalue weighted by Crippen LogP contribution is 2.20. The van der Waals surface area contributed by atoms with E-state index in [9.17, 15) is 4.79 Å². The average Bonchev–Trinajstić information content (AvgIpc) is 2.20. The van der Waals surface area contributed by atoms with E-state index >= 15 is 0 Å². The number of halogens is 1. The molecule has 1 heterocycles. The van der Waals surface area contributed by atoms with E-state index in [1.54, 1.807) is 25.1 Å². The minimum Gasteiger partial charge on any atom is -0.397 e. The lowest BCUT2D eigenvalue weighted by atomic mass is 10.3. The van der Waals surface area contributed by atoms with Crippen molar-refractivity contribution in [2.24, 2.45) is 0 Å². The van der Waals surface area contributed by atoms with E-state index in [1.807, 2.05) is 0 Å². The number of aromatic nitrogens is 1. The Kier molecular flexibility index (Phi) is 4.37. The van der Waals surface area contributed by atoms with Gasteiger partial charge >= 0.3 is 0 Å². The Balaban J connectivity index is 2.46. The fourth-order valence-electron chi connectivity index (χ4n) is 1.09. The third-order valence-electron chi connectivity index (χ3n) is 1.99. The van der Waals surface area contributed by atoms with Gasteiger partial charge in [-0.1, -0.05) is 11.6 Å². The van der Waals surface area contributed by atoms with E-state index in [-0.39, 0.29) is 5.91 Å². The topological polar surface area (TPSA) is 71.2 Å². The van der Waals surface area contributed by atoms with Crippen LogP contribution in [0, 0.1) is 0 Å². The third-order valence-corrected chi connectivity index (χ3v) is 2.28. The van der Waals surface area contributed by atoms with Crippen LogP contribution in [0.15, 0.2) is 12.3 Å². The van der Waals surface area contributed by atoms with Gasteiger partial charge in [0.05, 0.1) is 16.9 Å². The highest BCUT2D eigenvalue weighted by Gasteiger charge is 2.05. The fraction of sp³-hybridized carbons (Fsp3) is 0.400. The van der Waals surface area contributed by atoms with Crippen LogP contribution in [0.5, 0.6) is 0 Å². The molecule has 3 N–H and O–H groups in total. The summed E-state index contributed by atoms with van der Waals surface area (Å²) >= 11 is 5.91. The lowest BCUT2D eigenvalue weighted by Crippen LogP contribution is -2.24. The number of hydrogen-bond donors (Lipinski definition) is 2. The molecule has 1 aromatic rings. The van der Waals surface area contributed by atoms with Gasteiger partial charge in [0.1, 0.15) is 5.82 Å². The molecule has 0 radical (unpaired) electrons. The van der Waals surface area contributed by atoms with Gasteiger partial charge in [0.15, 0.2) is 0 Å². The number of nitrogens with zero attached hydrogens (tertiary/aromatic N) is 2. The molecule has 0 aliphatic rings. The van der Waals surface area contributed by atoms with Gasteiger partial charge in [-0.05, 0) is 6.07 Å². The van der Waals surface area contributed by atoms with Crippen LogP contribution in [0.3, 0.4) is 0 Å². The number of amides is 1. The molecule has 0 aromatic carbocycles. The fourth-order valence-corrected chi connectivity index (χ4v) is 1.34. The van der Waals surface area contributed by atoms with Gasteiger partial charge < -0.3 is 16.0 Å². The first-order valence-corrected chi connectivity index (χ1v) is 5.23. The first-order chi connectivity index (χ1) is 7.50. The molecule has 0 unspecified atom stereocenters. The van der Waals surface area contributed by atoms with Gasteiger partial charge in [-0.15, -0.1) is 0 Å². The summed E-state index contributed by atoms with van der Waals surface area (Å²) < 4.78 is 0.